The molecule has 0 radical (unpaired) electrons. The van der Waals surface area contributed by atoms with E-state index in [1.807, 2.05) is 13.0 Å². The van der Waals surface area contributed by atoms with E-state index < -0.39 is 5.82 Å². The van der Waals surface area contributed by atoms with Crippen LogP contribution in [0, 0.1) is 12.7 Å². The van der Waals surface area contributed by atoms with Crippen molar-refractivity contribution in [3.8, 4) is 17.0 Å². The topological polar surface area (TPSA) is 79.8 Å². The lowest BCUT2D eigenvalue weighted by Crippen LogP contribution is -2.55. The smallest absolute Gasteiger partial charge is 0.260 e. The monoisotopic (exact) mass is 489 g/mol. The van der Waals surface area contributed by atoms with Crippen molar-refractivity contribution in [2.45, 2.75) is 25.4 Å². The van der Waals surface area contributed by atoms with Gasteiger partial charge in [-0.1, -0.05) is 6.07 Å². The Labute approximate surface area is 209 Å². The van der Waals surface area contributed by atoms with Crippen LogP contribution in [-0.4, -0.2) is 61.4 Å². The summed E-state index contributed by atoms with van der Waals surface area (Å²) in [5.74, 6) is 1.17. The summed E-state index contributed by atoms with van der Waals surface area (Å²) < 4.78 is 26.0. The number of hydrogen-bond donors (Lipinski definition) is 1. The predicted molar refractivity (Wildman–Crippen MR) is 134 cm³/mol. The number of rotatable bonds is 4. The number of halogens is 1. The molecule has 0 aliphatic carbocycles. The van der Waals surface area contributed by atoms with Crippen LogP contribution in [0.3, 0.4) is 0 Å². The lowest BCUT2D eigenvalue weighted by molar-refractivity contribution is 0.0368. The number of carbonyl (C=O) groups excluding carboxylic acids is 1. The molecule has 6 rings (SSSR count). The molecule has 1 spiro atoms. The zero-order valence-corrected chi connectivity index (χ0v) is 20.4. The van der Waals surface area contributed by atoms with E-state index in [2.05, 4.69) is 21.3 Å². The summed E-state index contributed by atoms with van der Waals surface area (Å²) in [4.78, 5) is 26.8. The molecule has 5 heterocycles. The zero-order chi connectivity index (χ0) is 24.9. The number of aryl methyl sites for hydroxylation is 1. The van der Waals surface area contributed by atoms with Gasteiger partial charge in [0.1, 0.15) is 23.2 Å². The lowest BCUT2D eigenvalue weighted by atomic mass is 9.99. The van der Waals surface area contributed by atoms with E-state index in [-0.39, 0.29) is 23.6 Å². The molecule has 2 fully saturated rings. The molecule has 36 heavy (non-hydrogen) atoms. The fraction of sp³-hybridized carbons (Fsp3) is 0.370. The lowest BCUT2D eigenvalue weighted by Gasteiger charge is -2.34. The maximum absolute atomic E-state index is 14.9. The number of fused-ring (bicyclic) bond motifs is 1. The maximum atomic E-state index is 14.9. The number of amides is 1. The number of aromatic nitrogens is 2. The first-order valence-electron chi connectivity index (χ1n) is 12.2. The molecular weight excluding hydrogens is 461 g/mol. The van der Waals surface area contributed by atoms with Gasteiger partial charge in [-0.05, 0) is 49.2 Å². The Morgan fingerprint density at radius 3 is 2.89 bits per heavy atom. The molecule has 2 saturated heterocycles. The fourth-order valence-electron chi connectivity index (χ4n) is 5.50. The number of anilines is 2. The number of benzene rings is 1. The number of carbonyl (C=O) groups is 1. The largest absolute Gasteiger partial charge is 0.496 e. The van der Waals surface area contributed by atoms with Gasteiger partial charge in [-0.3, -0.25) is 14.7 Å². The van der Waals surface area contributed by atoms with Gasteiger partial charge >= 0.3 is 0 Å². The van der Waals surface area contributed by atoms with Crippen LogP contribution in [0.1, 0.15) is 27.9 Å². The maximum Gasteiger partial charge on any atom is 0.260 e. The Bertz CT molecular complexity index is 1340. The molecule has 1 aromatic carbocycles. The summed E-state index contributed by atoms with van der Waals surface area (Å²) in [7, 11) is 1.49. The van der Waals surface area contributed by atoms with Gasteiger partial charge in [-0.25, -0.2) is 9.37 Å². The molecule has 3 aliphatic rings. The minimum absolute atomic E-state index is 0.0527. The molecule has 0 saturated carbocycles. The molecule has 186 valence electrons. The van der Waals surface area contributed by atoms with Crippen molar-refractivity contribution in [2.24, 2.45) is 0 Å². The van der Waals surface area contributed by atoms with Crippen LogP contribution in [0.2, 0.25) is 0 Å². The van der Waals surface area contributed by atoms with Crippen LogP contribution in [0.5, 0.6) is 5.75 Å². The van der Waals surface area contributed by atoms with Crippen LogP contribution in [0.15, 0.2) is 42.6 Å². The third-order valence-corrected chi connectivity index (χ3v) is 7.30. The summed E-state index contributed by atoms with van der Waals surface area (Å²) in [5, 5.41) is 3.63. The van der Waals surface area contributed by atoms with Gasteiger partial charge in [-0.15, -0.1) is 0 Å². The van der Waals surface area contributed by atoms with Gasteiger partial charge in [0.25, 0.3) is 5.91 Å². The molecule has 0 unspecified atom stereocenters. The van der Waals surface area contributed by atoms with Crippen molar-refractivity contribution in [3.63, 3.8) is 0 Å². The van der Waals surface area contributed by atoms with E-state index >= 15 is 0 Å². The van der Waals surface area contributed by atoms with E-state index in [9.17, 15) is 9.18 Å². The summed E-state index contributed by atoms with van der Waals surface area (Å²) >= 11 is 0. The highest BCUT2D eigenvalue weighted by molar-refractivity contribution is 6.10. The van der Waals surface area contributed by atoms with Crippen LogP contribution in [-0.2, 0) is 11.3 Å². The average molecular weight is 490 g/mol. The van der Waals surface area contributed by atoms with Gasteiger partial charge < -0.3 is 19.7 Å². The van der Waals surface area contributed by atoms with E-state index in [0.29, 0.717) is 35.0 Å². The molecule has 3 aromatic rings. The van der Waals surface area contributed by atoms with Crippen LogP contribution < -0.4 is 19.9 Å². The molecule has 9 heteroatoms. The van der Waals surface area contributed by atoms with E-state index in [4.69, 9.17) is 14.5 Å². The highest BCUT2D eigenvalue weighted by Gasteiger charge is 2.40. The molecule has 2 aromatic heterocycles. The predicted octanol–water partition coefficient (Wildman–Crippen LogP) is 3.33. The van der Waals surface area contributed by atoms with Crippen molar-refractivity contribution in [1.82, 2.24) is 15.3 Å². The van der Waals surface area contributed by atoms with Crippen LogP contribution in [0.4, 0.5) is 16.0 Å². The third kappa shape index (κ3) is 3.79. The Hall–Kier alpha value is -3.56. The van der Waals surface area contributed by atoms with Crippen molar-refractivity contribution in [2.75, 3.05) is 49.8 Å². The Kier molecular flexibility index (Phi) is 5.61. The zero-order valence-electron chi connectivity index (χ0n) is 20.4. The number of nitrogens with one attached hydrogen (secondary N) is 1. The molecule has 1 N–H and O–H groups in total. The summed E-state index contributed by atoms with van der Waals surface area (Å²) in [6.45, 7) is 6.21. The molecule has 1 amide bonds. The number of hydrogen-bond acceptors (Lipinski definition) is 7. The number of ether oxygens (including phenoxy) is 2. The van der Waals surface area contributed by atoms with Gasteiger partial charge in [-0.2, -0.15) is 0 Å². The van der Waals surface area contributed by atoms with Gasteiger partial charge in [0, 0.05) is 37.0 Å². The number of pyridine rings is 2. The minimum atomic E-state index is -0.444. The van der Waals surface area contributed by atoms with Crippen molar-refractivity contribution in [3.05, 3.63) is 65.1 Å². The molecule has 1 atom stereocenters. The summed E-state index contributed by atoms with van der Waals surface area (Å²) in [6, 6.07) is 10.3. The van der Waals surface area contributed by atoms with Crippen molar-refractivity contribution in [1.29, 1.82) is 0 Å². The quantitative estimate of drug-likeness (QED) is 0.602. The minimum Gasteiger partial charge on any atom is -0.496 e. The molecule has 0 bridgehead atoms. The second-order valence-electron chi connectivity index (χ2n) is 9.69. The highest BCUT2D eigenvalue weighted by Crippen LogP contribution is 2.39. The van der Waals surface area contributed by atoms with E-state index in [0.717, 1.165) is 44.0 Å². The Morgan fingerprint density at radius 2 is 2.08 bits per heavy atom. The normalized spacial score (nSPS) is 21.4. The number of methoxy groups -OCH3 is 1. The fourth-order valence-corrected chi connectivity index (χ4v) is 5.50. The van der Waals surface area contributed by atoms with Crippen LogP contribution in [0.25, 0.3) is 11.3 Å². The van der Waals surface area contributed by atoms with E-state index in [1.54, 1.807) is 29.3 Å². The summed E-state index contributed by atoms with van der Waals surface area (Å²) in [5.41, 5.74) is 2.80. The Morgan fingerprint density at radius 1 is 1.22 bits per heavy atom. The number of morpholine rings is 1. The molecule has 3 aliphatic heterocycles. The first kappa shape index (κ1) is 22.9. The third-order valence-electron chi connectivity index (χ3n) is 7.30. The summed E-state index contributed by atoms with van der Waals surface area (Å²) in [6.07, 6.45) is 2.52. The molecular formula is C27H28FN5O3. The second-order valence-corrected chi connectivity index (χ2v) is 9.69. The van der Waals surface area contributed by atoms with E-state index in [1.165, 1.54) is 13.2 Å². The first-order chi connectivity index (χ1) is 17.5. The van der Waals surface area contributed by atoms with Gasteiger partial charge in [0.2, 0.25) is 0 Å². The molecule has 8 nitrogen and oxygen atoms in total. The van der Waals surface area contributed by atoms with Gasteiger partial charge in [0.05, 0.1) is 43.7 Å². The SMILES string of the molecule is COc1cccc(F)c1-c1nccc2c1CN(c1cc(C)cc(N3CC[C@]4(COCCN4)C3)n1)C2=O. The number of nitrogens with zero attached hydrogens (tertiary/aromatic N) is 4. The standard InChI is InChI=1S/C27H28FN5O3/c1-17-12-22(32-10-7-27(15-32)16-36-11-9-30-27)31-23(13-17)33-14-19-18(26(33)34)6-8-29-25(19)24-20(28)4-3-5-21(24)35-2/h3-6,8,12-13,30H,7,9-11,14-16H2,1-2H3/t27-/m1/s1. The Balaban J connectivity index is 1.33. The van der Waals surface area contributed by atoms with Crippen molar-refractivity contribution < 1.29 is 18.7 Å². The first-order valence-corrected chi connectivity index (χ1v) is 12.2. The van der Waals surface area contributed by atoms with Crippen LogP contribution >= 0.6 is 0 Å². The highest BCUT2D eigenvalue weighted by atomic mass is 19.1. The van der Waals surface area contributed by atoms with Crippen molar-refractivity contribution >= 4 is 17.5 Å². The average Bonchev–Trinajstić information content (AvgIpc) is 3.45. The van der Waals surface area contributed by atoms with Gasteiger partial charge in [0.15, 0.2) is 0 Å². The second kappa shape index (κ2) is 8.83.